The van der Waals surface area contributed by atoms with E-state index in [1.807, 2.05) is 0 Å². The van der Waals surface area contributed by atoms with Crippen molar-refractivity contribution in [2.75, 3.05) is 24.4 Å². The number of carboxylic acids is 1. The second-order valence-electron chi connectivity index (χ2n) is 15.8. The van der Waals surface area contributed by atoms with Gasteiger partial charge in [-0.05, 0) is 61.0 Å². The maximum absolute atomic E-state index is 14.1. The van der Waals surface area contributed by atoms with Crippen LogP contribution in [0.1, 0.15) is 51.2 Å². The number of aromatic hydroxyl groups is 1. The summed E-state index contributed by atoms with van der Waals surface area (Å²) in [5.74, 6) is -9.21. The average Bonchev–Trinajstić information content (AvgIpc) is 3.28. The molecule has 0 spiro atoms. The number of carboxylic acid groups (broad SMARTS) is 1. The van der Waals surface area contributed by atoms with Gasteiger partial charge in [-0.1, -0.05) is 74.5 Å². The van der Waals surface area contributed by atoms with Crippen molar-refractivity contribution in [3.63, 3.8) is 0 Å². The van der Waals surface area contributed by atoms with Gasteiger partial charge in [0.05, 0.1) is 31.2 Å². The van der Waals surface area contributed by atoms with Crippen molar-refractivity contribution < 1.29 is 63.6 Å². The van der Waals surface area contributed by atoms with E-state index >= 15 is 0 Å². The van der Waals surface area contributed by atoms with Gasteiger partial charge in [-0.25, -0.2) is 0 Å². The van der Waals surface area contributed by atoms with Crippen molar-refractivity contribution in [3.05, 3.63) is 65.7 Å². The van der Waals surface area contributed by atoms with E-state index in [1.54, 1.807) is 50.4 Å². The minimum absolute atomic E-state index is 0.0130. The molecule has 3 unspecified atom stereocenters. The maximum atomic E-state index is 14.1. The lowest BCUT2D eigenvalue weighted by atomic mass is 9.96. The van der Waals surface area contributed by atoms with Crippen LogP contribution in [0.3, 0.4) is 0 Å². The third kappa shape index (κ3) is 17.2. The Balaban J connectivity index is 1.97. The molecule has 2 aromatic rings. The summed E-state index contributed by atoms with van der Waals surface area (Å²) in [4.78, 5) is 122. The molecule has 13 N–H and O–H groups in total. The number of phenols is 1. The molecule has 3 rings (SSSR count). The van der Waals surface area contributed by atoms with E-state index in [0.29, 0.717) is 35.1 Å². The van der Waals surface area contributed by atoms with Gasteiger partial charge in [-0.3, -0.25) is 43.2 Å². The van der Waals surface area contributed by atoms with Crippen LogP contribution in [-0.4, -0.2) is 152 Å². The number of aliphatic carboxylic acids is 1. The van der Waals surface area contributed by atoms with Crippen LogP contribution in [0.15, 0.2) is 54.6 Å². The molecule has 362 valence electrons. The minimum Gasteiger partial charge on any atom is -0.508 e. The Labute approximate surface area is 390 Å². The summed E-state index contributed by atoms with van der Waals surface area (Å²) in [7, 11) is 0. The Hall–Kier alpha value is -5.75. The predicted octanol–water partition coefficient (Wildman–Crippen LogP) is -2.18. The number of aliphatic hydroxyl groups is 2. The van der Waals surface area contributed by atoms with Gasteiger partial charge in [0.15, 0.2) is 0 Å². The van der Waals surface area contributed by atoms with E-state index in [2.05, 4.69) is 37.2 Å². The standard InChI is InChI=1S/C43H60N8O13S2/c1-5-22(2)34-41(62)45-28(15-16-65-4)43(64)66-21-32(40(61)47-30(19-33(55)56)37(58)46-29(38(59)50-34)18-24-9-7-6-8-10-24)49-42(63)35(23(3)53)51-39(60)31(20-52)48-36(57)27(44)17-25-11-13-26(54)14-12-25/h6-14,22-23,27-32,34-35,52-54H,5,15-21,44H2,1-4H3,(H,45,62)(H,46,58)(H,47,61)(H,48,57)(H,49,63)(H,50,59)(H,51,60)(H,55,56)/t22-,23+,27-,28?,29?,30-,31-,32?,34-,35-/m0/s1. The fourth-order valence-corrected chi connectivity index (χ4v) is 7.93. The summed E-state index contributed by atoms with van der Waals surface area (Å²) in [5.41, 5.74) is 7.16. The summed E-state index contributed by atoms with van der Waals surface area (Å²) >= 11 is 1.90. The summed E-state index contributed by atoms with van der Waals surface area (Å²) in [5, 5.41) is 56.4. The SMILES string of the molecule is CC[C@H](C)[C@@H]1NC(=O)C(Cc2ccccc2)NC(=O)[C@H](CC(=O)O)NC(=O)C(NC(=O)[C@@H](NC(=O)[C@H](CO)NC(=O)[C@@H](N)Cc2ccc(O)cc2)[C@@H](C)O)CSC(=O)C(CCSC)NC1=O. The number of thioether (sulfide) groups is 2. The van der Waals surface area contributed by atoms with Gasteiger partial charge in [0, 0.05) is 12.2 Å². The van der Waals surface area contributed by atoms with Crippen molar-refractivity contribution in [1.82, 2.24) is 37.2 Å². The van der Waals surface area contributed by atoms with Crippen LogP contribution in [0, 0.1) is 5.92 Å². The highest BCUT2D eigenvalue weighted by atomic mass is 32.2. The third-order valence-electron chi connectivity index (χ3n) is 10.6. The Kier molecular flexibility index (Phi) is 22.3. The number of nitrogens with one attached hydrogen (secondary N) is 7. The molecule has 2 aromatic carbocycles. The molecule has 1 aliphatic heterocycles. The first-order valence-electron chi connectivity index (χ1n) is 21.1. The quantitative estimate of drug-likeness (QED) is 0.0712. The number of hydrogen-bond acceptors (Lipinski definition) is 15. The van der Waals surface area contributed by atoms with Gasteiger partial charge in [0.2, 0.25) is 46.5 Å². The molecular weight excluding hydrogens is 901 g/mol. The second kappa shape index (κ2) is 27.0. The smallest absolute Gasteiger partial charge is 0.305 e. The molecule has 0 saturated carbocycles. The maximum Gasteiger partial charge on any atom is 0.305 e. The lowest BCUT2D eigenvalue weighted by Gasteiger charge is -2.30. The lowest BCUT2D eigenvalue weighted by Crippen LogP contribution is -2.63. The van der Waals surface area contributed by atoms with Crippen molar-refractivity contribution >= 4 is 76.0 Å². The van der Waals surface area contributed by atoms with E-state index in [4.69, 9.17) is 5.73 Å². The summed E-state index contributed by atoms with van der Waals surface area (Å²) in [6.45, 7) is 3.64. The van der Waals surface area contributed by atoms with E-state index in [0.717, 1.165) is 6.92 Å². The monoisotopic (exact) mass is 960 g/mol. The van der Waals surface area contributed by atoms with Crippen molar-refractivity contribution in [3.8, 4) is 5.75 Å². The number of carbonyl (C=O) groups excluding carboxylic acids is 8. The van der Waals surface area contributed by atoms with Gasteiger partial charge >= 0.3 is 5.97 Å². The van der Waals surface area contributed by atoms with Crippen molar-refractivity contribution in [1.29, 1.82) is 0 Å². The molecule has 1 aliphatic rings. The molecule has 0 bridgehead atoms. The molecule has 7 amide bonds. The fraction of sp³-hybridized carbons (Fsp3) is 0.512. The summed E-state index contributed by atoms with van der Waals surface area (Å²) < 4.78 is 0. The molecule has 66 heavy (non-hydrogen) atoms. The number of aliphatic hydroxyl groups excluding tert-OH is 2. The molecule has 23 heteroatoms. The molecule has 10 atom stereocenters. The highest BCUT2D eigenvalue weighted by molar-refractivity contribution is 8.13. The molecule has 21 nitrogen and oxygen atoms in total. The summed E-state index contributed by atoms with van der Waals surface area (Å²) in [6, 6.07) is 2.15. The number of nitrogens with two attached hydrogens (primary N) is 1. The normalized spacial score (nSPS) is 22.2. The third-order valence-corrected chi connectivity index (χ3v) is 12.3. The first kappa shape index (κ1) is 54.6. The number of rotatable bonds is 19. The summed E-state index contributed by atoms with van der Waals surface area (Å²) in [6.07, 6.45) is -0.507. The van der Waals surface area contributed by atoms with E-state index < -0.39 is 132 Å². The van der Waals surface area contributed by atoms with Crippen LogP contribution >= 0.6 is 23.5 Å². The predicted molar refractivity (Wildman–Crippen MR) is 244 cm³/mol. The largest absolute Gasteiger partial charge is 0.508 e. The molecule has 1 heterocycles. The van der Waals surface area contributed by atoms with Crippen LogP contribution in [0.5, 0.6) is 5.75 Å². The van der Waals surface area contributed by atoms with Crippen LogP contribution in [0.2, 0.25) is 0 Å². The molecule has 1 fully saturated rings. The number of amides is 7. The van der Waals surface area contributed by atoms with E-state index in [9.17, 15) is 63.6 Å². The number of hydrogen-bond donors (Lipinski definition) is 12. The zero-order valence-electron chi connectivity index (χ0n) is 37.0. The molecule has 0 radical (unpaired) electrons. The molecule has 0 aliphatic carbocycles. The van der Waals surface area contributed by atoms with Crippen molar-refractivity contribution in [2.45, 2.75) is 107 Å². The molecule has 0 aromatic heterocycles. The Morgan fingerprint density at radius 2 is 1.44 bits per heavy atom. The van der Waals surface area contributed by atoms with E-state index in [-0.39, 0.29) is 25.0 Å². The van der Waals surface area contributed by atoms with Crippen LogP contribution < -0.4 is 43.0 Å². The second-order valence-corrected chi connectivity index (χ2v) is 17.8. The van der Waals surface area contributed by atoms with Crippen molar-refractivity contribution in [2.24, 2.45) is 11.7 Å². The Morgan fingerprint density at radius 1 is 0.818 bits per heavy atom. The number of phenolic OH excluding ortho intramolecular Hbond substituents is 1. The van der Waals surface area contributed by atoms with Gasteiger partial charge in [0.25, 0.3) is 0 Å². The first-order valence-corrected chi connectivity index (χ1v) is 23.5. The topological polar surface area (TPSA) is 345 Å². The van der Waals surface area contributed by atoms with Gasteiger partial charge in [-0.2, -0.15) is 11.8 Å². The average molecular weight is 961 g/mol. The van der Waals surface area contributed by atoms with Gasteiger partial charge in [-0.15, -0.1) is 0 Å². The van der Waals surface area contributed by atoms with E-state index in [1.165, 1.54) is 36.0 Å². The van der Waals surface area contributed by atoms with Crippen LogP contribution in [0.4, 0.5) is 0 Å². The molecular formula is C43H60N8O13S2. The lowest BCUT2D eigenvalue weighted by molar-refractivity contribution is -0.141. The minimum atomic E-state index is -1.87. The first-order chi connectivity index (χ1) is 31.3. The zero-order chi connectivity index (χ0) is 49.1. The highest BCUT2D eigenvalue weighted by Gasteiger charge is 2.38. The van der Waals surface area contributed by atoms with Gasteiger partial charge < -0.3 is 63.4 Å². The Morgan fingerprint density at radius 3 is 2.03 bits per heavy atom. The number of carbonyl (C=O) groups is 9. The van der Waals surface area contributed by atoms with Crippen LogP contribution in [0.25, 0.3) is 0 Å². The fourth-order valence-electron chi connectivity index (χ4n) is 6.51. The molecule has 1 saturated heterocycles. The zero-order valence-corrected chi connectivity index (χ0v) is 38.6. The Bertz CT molecular complexity index is 2010. The highest BCUT2D eigenvalue weighted by Crippen LogP contribution is 2.17. The van der Waals surface area contributed by atoms with Gasteiger partial charge in [0.1, 0.15) is 42.0 Å². The van der Waals surface area contributed by atoms with Crippen LogP contribution in [-0.2, 0) is 56.0 Å². The number of benzene rings is 2.